The van der Waals surface area contributed by atoms with Gasteiger partial charge in [0.05, 0.1) is 14.2 Å². The summed E-state index contributed by atoms with van der Waals surface area (Å²) >= 11 is 0. The molecule has 0 amide bonds. The fourth-order valence-electron chi connectivity index (χ4n) is 2.07. The molecule has 0 aliphatic rings. The van der Waals surface area contributed by atoms with Gasteiger partial charge in [-0.3, -0.25) is 0 Å². The molecule has 23 heavy (non-hydrogen) atoms. The lowest BCUT2D eigenvalue weighted by atomic mass is 10.0. The van der Waals surface area contributed by atoms with E-state index in [1.165, 1.54) is 20.3 Å². The summed E-state index contributed by atoms with van der Waals surface area (Å²) in [5.41, 5.74) is 1.22. The fraction of sp³-hybridized carbons (Fsp3) is 0.176. The average Bonchev–Trinajstić information content (AvgIpc) is 2.52. The number of terminal acetylenes is 1. The van der Waals surface area contributed by atoms with E-state index in [1.54, 1.807) is 24.3 Å². The molecule has 0 radical (unpaired) electrons. The van der Waals surface area contributed by atoms with Crippen LogP contribution in [0.3, 0.4) is 0 Å². The van der Waals surface area contributed by atoms with Crippen LogP contribution in [0.1, 0.15) is 5.56 Å². The van der Waals surface area contributed by atoms with Crippen LogP contribution in [0.2, 0.25) is 0 Å². The predicted molar refractivity (Wildman–Crippen MR) is 79.6 cm³/mol. The highest BCUT2D eigenvalue weighted by Crippen LogP contribution is 2.36. The van der Waals surface area contributed by atoms with Crippen molar-refractivity contribution in [3.63, 3.8) is 0 Å². The second-order valence-electron chi connectivity index (χ2n) is 4.50. The highest BCUT2D eigenvalue weighted by Gasteiger charge is 2.31. The first kappa shape index (κ1) is 16.6. The van der Waals surface area contributed by atoms with E-state index in [0.717, 1.165) is 6.07 Å². The molecule has 0 fully saturated rings. The standard InChI is InChI=1S/C17H13F3O3/c1-4-11-7-12(9-14(8-11)23-17(18,19)20)15-10-13(21-2)5-6-16(15)22-3/h1,5-10H,2-3H3. The Labute approximate surface area is 131 Å². The number of alkyl halides is 3. The maximum Gasteiger partial charge on any atom is 0.573 e. The fourth-order valence-corrected chi connectivity index (χ4v) is 2.07. The van der Waals surface area contributed by atoms with E-state index < -0.39 is 12.1 Å². The van der Waals surface area contributed by atoms with Crippen molar-refractivity contribution in [1.29, 1.82) is 0 Å². The van der Waals surface area contributed by atoms with Crippen molar-refractivity contribution in [2.75, 3.05) is 14.2 Å². The van der Waals surface area contributed by atoms with Gasteiger partial charge in [0.1, 0.15) is 17.2 Å². The Morgan fingerprint density at radius 1 is 0.957 bits per heavy atom. The molecule has 0 aromatic heterocycles. The quantitative estimate of drug-likeness (QED) is 0.788. The minimum atomic E-state index is -4.80. The van der Waals surface area contributed by atoms with Crippen molar-refractivity contribution in [1.82, 2.24) is 0 Å². The Hall–Kier alpha value is -2.81. The summed E-state index contributed by atoms with van der Waals surface area (Å²) in [4.78, 5) is 0. The maximum atomic E-state index is 12.5. The molecule has 2 rings (SSSR count). The number of rotatable bonds is 4. The molecule has 120 valence electrons. The number of benzene rings is 2. The van der Waals surface area contributed by atoms with Crippen LogP contribution in [0.15, 0.2) is 36.4 Å². The van der Waals surface area contributed by atoms with Gasteiger partial charge in [0.2, 0.25) is 0 Å². The van der Waals surface area contributed by atoms with Gasteiger partial charge in [-0.25, -0.2) is 0 Å². The lowest BCUT2D eigenvalue weighted by molar-refractivity contribution is -0.274. The summed E-state index contributed by atoms with van der Waals surface area (Å²) < 4.78 is 51.7. The van der Waals surface area contributed by atoms with E-state index in [0.29, 0.717) is 22.6 Å². The molecular formula is C17H13F3O3. The Morgan fingerprint density at radius 3 is 2.26 bits per heavy atom. The molecular weight excluding hydrogens is 309 g/mol. The first-order valence-corrected chi connectivity index (χ1v) is 6.46. The van der Waals surface area contributed by atoms with Crippen LogP contribution in [0, 0.1) is 12.3 Å². The normalized spacial score (nSPS) is 10.8. The molecule has 0 atom stereocenters. The largest absolute Gasteiger partial charge is 0.573 e. The highest BCUT2D eigenvalue weighted by atomic mass is 19.4. The molecule has 0 N–H and O–H groups in total. The highest BCUT2D eigenvalue weighted by molar-refractivity contribution is 5.74. The monoisotopic (exact) mass is 322 g/mol. The van der Waals surface area contributed by atoms with Crippen LogP contribution < -0.4 is 14.2 Å². The SMILES string of the molecule is C#Cc1cc(OC(F)(F)F)cc(-c2cc(OC)ccc2OC)c1. The molecule has 6 heteroatoms. The Morgan fingerprint density at radius 2 is 1.70 bits per heavy atom. The molecule has 2 aromatic rings. The van der Waals surface area contributed by atoms with Crippen molar-refractivity contribution in [2.24, 2.45) is 0 Å². The van der Waals surface area contributed by atoms with Crippen LogP contribution in [0.5, 0.6) is 17.2 Å². The predicted octanol–water partition coefficient (Wildman–Crippen LogP) is 4.25. The first-order chi connectivity index (χ1) is 10.9. The van der Waals surface area contributed by atoms with E-state index in [-0.39, 0.29) is 5.56 Å². The Bertz CT molecular complexity index is 746. The second-order valence-corrected chi connectivity index (χ2v) is 4.50. The smallest absolute Gasteiger partial charge is 0.497 e. The van der Waals surface area contributed by atoms with Gasteiger partial charge >= 0.3 is 6.36 Å². The molecule has 2 aromatic carbocycles. The van der Waals surface area contributed by atoms with Crippen molar-refractivity contribution in [3.8, 4) is 40.7 Å². The molecule has 0 saturated heterocycles. The number of methoxy groups -OCH3 is 2. The topological polar surface area (TPSA) is 27.7 Å². The summed E-state index contributed by atoms with van der Waals surface area (Å²) in [6.07, 6.45) is 0.511. The third-order valence-electron chi connectivity index (χ3n) is 3.02. The summed E-state index contributed by atoms with van der Waals surface area (Å²) in [5, 5.41) is 0. The van der Waals surface area contributed by atoms with Gasteiger partial charge in [0.15, 0.2) is 0 Å². The number of hydrogen-bond acceptors (Lipinski definition) is 3. The van der Waals surface area contributed by atoms with E-state index in [2.05, 4.69) is 10.7 Å². The number of halogens is 3. The Kier molecular flexibility index (Phi) is 4.70. The lowest BCUT2D eigenvalue weighted by Gasteiger charge is -2.14. The van der Waals surface area contributed by atoms with Crippen LogP contribution >= 0.6 is 0 Å². The second kappa shape index (κ2) is 6.53. The van der Waals surface area contributed by atoms with Crippen LogP contribution in [0.4, 0.5) is 13.2 Å². The molecule has 0 unspecified atom stereocenters. The van der Waals surface area contributed by atoms with Crippen molar-refractivity contribution >= 4 is 0 Å². The number of ether oxygens (including phenoxy) is 3. The molecule has 3 nitrogen and oxygen atoms in total. The third-order valence-corrected chi connectivity index (χ3v) is 3.02. The average molecular weight is 322 g/mol. The van der Waals surface area contributed by atoms with Crippen molar-refractivity contribution < 1.29 is 27.4 Å². The molecule has 0 aliphatic carbocycles. The summed E-state index contributed by atoms with van der Waals surface area (Å²) in [5.74, 6) is 2.92. The first-order valence-electron chi connectivity index (χ1n) is 6.46. The summed E-state index contributed by atoms with van der Waals surface area (Å²) in [7, 11) is 2.95. The van der Waals surface area contributed by atoms with Gasteiger partial charge < -0.3 is 14.2 Å². The van der Waals surface area contributed by atoms with Gasteiger partial charge in [0, 0.05) is 11.1 Å². The third kappa shape index (κ3) is 4.10. The Balaban J connectivity index is 2.59. The summed E-state index contributed by atoms with van der Waals surface area (Å²) in [6.45, 7) is 0. The van der Waals surface area contributed by atoms with Crippen molar-refractivity contribution in [2.45, 2.75) is 6.36 Å². The minimum Gasteiger partial charge on any atom is -0.497 e. The van der Waals surface area contributed by atoms with Crippen LogP contribution in [0.25, 0.3) is 11.1 Å². The van der Waals surface area contributed by atoms with E-state index in [1.807, 2.05) is 0 Å². The maximum absolute atomic E-state index is 12.5. The zero-order valence-electron chi connectivity index (χ0n) is 12.4. The van der Waals surface area contributed by atoms with Crippen molar-refractivity contribution in [3.05, 3.63) is 42.0 Å². The molecule has 0 aliphatic heterocycles. The van der Waals surface area contributed by atoms with Gasteiger partial charge in [-0.2, -0.15) is 0 Å². The van der Waals surface area contributed by atoms with Crippen LogP contribution in [-0.4, -0.2) is 20.6 Å². The lowest BCUT2D eigenvalue weighted by Crippen LogP contribution is -2.17. The van der Waals surface area contributed by atoms with Crippen LogP contribution in [-0.2, 0) is 0 Å². The number of hydrogen-bond donors (Lipinski definition) is 0. The zero-order valence-corrected chi connectivity index (χ0v) is 12.4. The van der Waals surface area contributed by atoms with Gasteiger partial charge in [-0.15, -0.1) is 19.6 Å². The van der Waals surface area contributed by atoms with E-state index in [9.17, 15) is 13.2 Å². The van der Waals surface area contributed by atoms with E-state index >= 15 is 0 Å². The van der Waals surface area contributed by atoms with E-state index in [4.69, 9.17) is 15.9 Å². The summed E-state index contributed by atoms with van der Waals surface area (Å²) in [6, 6.07) is 8.93. The molecule has 0 heterocycles. The van der Waals surface area contributed by atoms with Gasteiger partial charge in [-0.05, 0) is 42.0 Å². The molecule has 0 saturated carbocycles. The van der Waals surface area contributed by atoms with Gasteiger partial charge in [-0.1, -0.05) is 5.92 Å². The zero-order chi connectivity index (χ0) is 17.0. The minimum absolute atomic E-state index is 0.256. The molecule has 0 bridgehead atoms. The molecule has 0 spiro atoms. The van der Waals surface area contributed by atoms with Gasteiger partial charge in [0.25, 0.3) is 0 Å².